The molecular formula is C23H27N5OSi. The second-order valence-corrected chi connectivity index (χ2v) is 14.1. The molecule has 0 bridgehead atoms. The fraction of sp³-hybridized carbons (Fsp3) is 0.261. The summed E-state index contributed by atoms with van der Waals surface area (Å²) in [6, 6.07) is 17.2. The first-order chi connectivity index (χ1) is 14.5. The molecule has 0 aliphatic rings. The van der Waals surface area contributed by atoms with Crippen molar-refractivity contribution in [2.45, 2.75) is 32.4 Å². The second kappa shape index (κ2) is 8.77. The van der Waals surface area contributed by atoms with Crippen LogP contribution in [0.15, 0.2) is 72.2 Å². The Balaban J connectivity index is 1.72. The topological polar surface area (TPSA) is 57.2 Å². The van der Waals surface area contributed by atoms with Crippen LogP contribution in [-0.2, 0) is 11.5 Å². The third-order valence-electron chi connectivity index (χ3n) is 4.86. The van der Waals surface area contributed by atoms with Gasteiger partial charge in [-0.05, 0) is 36.4 Å². The molecule has 30 heavy (non-hydrogen) atoms. The minimum Gasteiger partial charge on any atom is -0.360 e. The zero-order valence-electron chi connectivity index (χ0n) is 17.7. The van der Waals surface area contributed by atoms with Gasteiger partial charge in [0.25, 0.3) is 0 Å². The summed E-state index contributed by atoms with van der Waals surface area (Å²) in [6.07, 6.45) is 7.41. The van der Waals surface area contributed by atoms with E-state index in [0.29, 0.717) is 6.73 Å². The Morgan fingerprint density at radius 1 is 1.03 bits per heavy atom. The summed E-state index contributed by atoms with van der Waals surface area (Å²) in [5.74, 6) is 0. The first-order valence-corrected chi connectivity index (χ1v) is 13.9. The van der Waals surface area contributed by atoms with Crippen molar-refractivity contribution in [1.29, 1.82) is 0 Å². The Labute approximate surface area is 177 Å². The van der Waals surface area contributed by atoms with E-state index in [1.165, 1.54) is 0 Å². The van der Waals surface area contributed by atoms with Gasteiger partial charge in [-0.2, -0.15) is 10.2 Å². The van der Waals surface area contributed by atoms with E-state index in [-0.39, 0.29) is 0 Å². The summed E-state index contributed by atoms with van der Waals surface area (Å²) in [5, 5.41) is 10.4. The van der Waals surface area contributed by atoms with Crippen LogP contribution in [-0.4, -0.2) is 40.3 Å². The zero-order chi connectivity index (χ0) is 21.0. The van der Waals surface area contributed by atoms with Crippen LogP contribution in [0.2, 0.25) is 25.7 Å². The number of aromatic nitrogens is 4. The Bertz CT molecular complexity index is 1130. The van der Waals surface area contributed by atoms with Gasteiger partial charge in [-0.1, -0.05) is 37.8 Å². The first-order valence-electron chi connectivity index (χ1n) is 10.2. The molecule has 0 saturated carbocycles. The molecule has 0 N–H and O–H groups in total. The minimum absolute atomic E-state index is 0.421. The third kappa shape index (κ3) is 4.75. The molecule has 6 nitrogen and oxygen atoms in total. The highest BCUT2D eigenvalue weighted by Crippen LogP contribution is 2.29. The molecular weight excluding hydrogens is 390 g/mol. The van der Waals surface area contributed by atoms with Gasteiger partial charge in [0.05, 0.1) is 17.4 Å². The summed E-state index contributed by atoms with van der Waals surface area (Å²) in [6.45, 7) is 8.24. The monoisotopic (exact) mass is 417 g/mol. The predicted molar refractivity (Wildman–Crippen MR) is 124 cm³/mol. The summed E-state index contributed by atoms with van der Waals surface area (Å²) in [7, 11) is -1.13. The number of benzene rings is 1. The molecule has 0 fully saturated rings. The Hall–Kier alpha value is -3.03. The Morgan fingerprint density at radius 3 is 2.60 bits per heavy atom. The van der Waals surface area contributed by atoms with E-state index < -0.39 is 8.07 Å². The minimum atomic E-state index is -1.13. The van der Waals surface area contributed by atoms with Crippen molar-refractivity contribution in [1.82, 2.24) is 19.4 Å². The van der Waals surface area contributed by atoms with Gasteiger partial charge in [-0.25, -0.2) is 9.36 Å². The van der Waals surface area contributed by atoms with Crippen LogP contribution >= 0.6 is 0 Å². The second-order valence-electron chi connectivity index (χ2n) is 8.46. The number of fused-ring (bicyclic) bond motifs is 1. The van der Waals surface area contributed by atoms with Gasteiger partial charge >= 0.3 is 0 Å². The molecule has 0 amide bonds. The van der Waals surface area contributed by atoms with Crippen molar-refractivity contribution in [2.75, 3.05) is 6.61 Å². The maximum atomic E-state index is 5.98. The van der Waals surface area contributed by atoms with Crippen molar-refractivity contribution < 1.29 is 4.74 Å². The number of rotatable bonds is 8. The van der Waals surface area contributed by atoms with Crippen molar-refractivity contribution in [3.63, 3.8) is 0 Å². The van der Waals surface area contributed by atoms with E-state index in [2.05, 4.69) is 41.9 Å². The predicted octanol–water partition coefficient (Wildman–Crippen LogP) is 5.09. The molecule has 3 heterocycles. The largest absolute Gasteiger partial charge is 0.360 e. The van der Waals surface area contributed by atoms with Crippen molar-refractivity contribution in [2.24, 2.45) is 5.10 Å². The SMILES string of the molecule is C[Si](C)(C)CCOCn1nc(C=Nn2cccc2)c2c(-c3ccccn3)cccc21. The standard InChI is InChI=1S/C23H27N5OSi/c1-30(2,3)16-15-29-18-28-22-11-8-9-19(20-10-4-5-12-24-20)23(22)21(26-28)17-25-27-13-6-7-14-27/h4-14,17H,15-16,18H2,1-3H3. The lowest BCUT2D eigenvalue weighted by Crippen LogP contribution is -2.22. The number of ether oxygens (including phenoxy) is 1. The van der Waals surface area contributed by atoms with Crippen molar-refractivity contribution >= 4 is 25.2 Å². The Kier molecular flexibility index (Phi) is 5.92. The normalized spacial score (nSPS) is 12.2. The smallest absolute Gasteiger partial charge is 0.140 e. The van der Waals surface area contributed by atoms with E-state index in [9.17, 15) is 0 Å². The summed E-state index contributed by atoms with van der Waals surface area (Å²) in [5.41, 5.74) is 3.77. The fourth-order valence-electron chi connectivity index (χ4n) is 3.24. The third-order valence-corrected chi connectivity index (χ3v) is 6.56. The van der Waals surface area contributed by atoms with E-state index in [1.54, 1.807) is 10.9 Å². The molecule has 0 unspecified atom stereocenters. The summed E-state index contributed by atoms with van der Waals surface area (Å²) in [4.78, 5) is 4.55. The number of hydrogen-bond donors (Lipinski definition) is 0. The summed E-state index contributed by atoms with van der Waals surface area (Å²) < 4.78 is 9.67. The van der Waals surface area contributed by atoms with Crippen LogP contribution in [0.3, 0.4) is 0 Å². The van der Waals surface area contributed by atoms with E-state index >= 15 is 0 Å². The zero-order valence-corrected chi connectivity index (χ0v) is 18.7. The lowest BCUT2D eigenvalue weighted by molar-refractivity contribution is 0.0816. The van der Waals surface area contributed by atoms with Gasteiger partial charge in [-0.15, -0.1) is 0 Å². The molecule has 154 valence electrons. The highest BCUT2D eigenvalue weighted by molar-refractivity contribution is 6.76. The summed E-state index contributed by atoms with van der Waals surface area (Å²) >= 11 is 0. The molecule has 0 radical (unpaired) electrons. The molecule has 0 spiro atoms. The maximum Gasteiger partial charge on any atom is 0.140 e. The molecule has 4 rings (SSSR count). The Morgan fingerprint density at radius 2 is 1.87 bits per heavy atom. The molecule has 0 saturated heterocycles. The van der Waals surface area contributed by atoms with Gasteiger partial charge in [0, 0.05) is 44.2 Å². The van der Waals surface area contributed by atoms with E-state index in [1.807, 2.05) is 59.7 Å². The van der Waals surface area contributed by atoms with Gasteiger partial charge in [-0.3, -0.25) is 4.98 Å². The van der Waals surface area contributed by atoms with Crippen LogP contribution in [0.4, 0.5) is 0 Å². The van der Waals surface area contributed by atoms with Gasteiger partial charge in [0.15, 0.2) is 0 Å². The molecule has 7 heteroatoms. The van der Waals surface area contributed by atoms with E-state index in [4.69, 9.17) is 9.84 Å². The maximum absolute atomic E-state index is 5.98. The number of nitrogens with zero attached hydrogens (tertiary/aromatic N) is 5. The average molecular weight is 418 g/mol. The quantitative estimate of drug-likeness (QED) is 0.228. The number of hydrogen-bond acceptors (Lipinski definition) is 4. The fourth-order valence-corrected chi connectivity index (χ4v) is 3.99. The molecule has 0 aliphatic carbocycles. The first kappa shape index (κ1) is 20.2. The van der Waals surface area contributed by atoms with Crippen LogP contribution in [0.5, 0.6) is 0 Å². The van der Waals surface area contributed by atoms with Gasteiger partial charge in [0.2, 0.25) is 0 Å². The van der Waals surface area contributed by atoms with Crippen LogP contribution < -0.4 is 0 Å². The molecule has 0 aliphatic heterocycles. The van der Waals surface area contributed by atoms with Gasteiger partial charge in [0.1, 0.15) is 12.4 Å². The lowest BCUT2D eigenvalue weighted by atomic mass is 10.0. The molecule has 4 aromatic rings. The molecule has 3 aromatic heterocycles. The van der Waals surface area contributed by atoms with Crippen molar-refractivity contribution in [3.05, 3.63) is 72.8 Å². The average Bonchev–Trinajstić information content (AvgIpc) is 3.37. The van der Waals surface area contributed by atoms with Gasteiger partial charge < -0.3 is 4.74 Å². The van der Waals surface area contributed by atoms with E-state index in [0.717, 1.165) is 40.5 Å². The highest BCUT2D eigenvalue weighted by Gasteiger charge is 2.16. The van der Waals surface area contributed by atoms with Crippen LogP contribution in [0.1, 0.15) is 5.69 Å². The molecule has 0 atom stereocenters. The highest BCUT2D eigenvalue weighted by atomic mass is 28.3. The molecule has 1 aromatic carbocycles. The lowest BCUT2D eigenvalue weighted by Gasteiger charge is -2.15. The van der Waals surface area contributed by atoms with Crippen LogP contribution in [0, 0.1) is 0 Å². The van der Waals surface area contributed by atoms with Crippen molar-refractivity contribution in [3.8, 4) is 11.3 Å². The number of pyridine rings is 1. The van der Waals surface area contributed by atoms with Crippen LogP contribution in [0.25, 0.3) is 22.2 Å².